The van der Waals surface area contributed by atoms with Gasteiger partial charge in [0, 0.05) is 13.1 Å². The number of hydrogen-bond acceptors (Lipinski definition) is 3. The highest BCUT2D eigenvalue weighted by molar-refractivity contribution is 5.97. The smallest absolute Gasteiger partial charge is 0.258 e. The third-order valence-electron chi connectivity index (χ3n) is 3.67. The van der Waals surface area contributed by atoms with Crippen LogP contribution in [0.2, 0.25) is 0 Å². The largest absolute Gasteiger partial charge is 0.508 e. The first-order valence-corrected chi connectivity index (χ1v) is 6.80. The minimum atomic E-state index is -0.248. The second-order valence-electron chi connectivity index (χ2n) is 6.18. The van der Waals surface area contributed by atoms with E-state index in [4.69, 9.17) is 0 Å². The molecule has 0 radical (unpaired) electrons. The topological polar surface area (TPSA) is 60.8 Å². The van der Waals surface area contributed by atoms with Gasteiger partial charge in [0.15, 0.2) is 0 Å². The molecule has 2 rings (SSSR count). The Bertz CT molecular complexity index is 555. The summed E-state index contributed by atoms with van der Waals surface area (Å²) in [4.78, 5) is 14.0. The van der Waals surface area contributed by atoms with Gasteiger partial charge in [0.2, 0.25) is 0 Å². The van der Waals surface area contributed by atoms with Gasteiger partial charge in [-0.3, -0.25) is 4.79 Å². The Kier molecular flexibility index (Phi) is 3.75. The number of carbonyl (C=O) groups is 1. The Morgan fingerprint density at radius 3 is 2.50 bits per heavy atom. The van der Waals surface area contributed by atoms with Gasteiger partial charge in [0.1, 0.15) is 11.5 Å². The number of benzene rings is 1. The summed E-state index contributed by atoms with van der Waals surface area (Å²) >= 11 is 0. The quantitative estimate of drug-likeness (QED) is 0.612. The maximum absolute atomic E-state index is 12.4. The third kappa shape index (κ3) is 2.95. The maximum Gasteiger partial charge on any atom is 0.258 e. The molecule has 0 bridgehead atoms. The molecule has 2 N–H and O–H groups in total. The molecule has 0 aromatic heterocycles. The minimum Gasteiger partial charge on any atom is -0.508 e. The van der Waals surface area contributed by atoms with Crippen LogP contribution in [0.15, 0.2) is 29.8 Å². The molecule has 0 spiro atoms. The van der Waals surface area contributed by atoms with Crippen LogP contribution in [0.3, 0.4) is 0 Å². The van der Waals surface area contributed by atoms with Crippen LogP contribution in [-0.2, 0) is 0 Å². The van der Waals surface area contributed by atoms with Gasteiger partial charge in [-0.15, -0.1) is 0 Å². The standard InChI is InChI=1S/C16H21NO3/c1-16(2,3)11-6-8-17(9-7-11)15(20)13-10-12(18)4-5-14(13)19/h4-6,10,18-19H,7-9H2,1-3H3. The second kappa shape index (κ2) is 5.19. The average Bonchev–Trinajstić information content (AvgIpc) is 2.40. The Labute approximate surface area is 119 Å². The molecule has 1 amide bonds. The summed E-state index contributed by atoms with van der Waals surface area (Å²) in [6.07, 6.45) is 2.93. The lowest BCUT2D eigenvalue weighted by Crippen LogP contribution is -2.36. The molecule has 1 aliphatic heterocycles. The van der Waals surface area contributed by atoms with Crippen LogP contribution in [0.4, 0.5) is 0 Å². The molecule has 0 saturated heterocycles. The van der Waals surface area contributed by atoms with Crippen molar-refractivity contribution in [2.45, 2.75) is 27.2 Å². The van der Waals surface area contributed by atoms with Gasteiger partial charge in [-0.05, 0) is 30.0 Å². The van der Waals surface area contributed by atoms with Gasteiger partial charge in [-0.1, -0.05) is 32.4 Å². The number of aromatic hydroxyl groups is 2. The summed E-state index contributed by atoms with van der Waals surface area (Å²) in [7, 11) is 0. The lowest BCUT2D eigenvalue weighted by Gasteiger charge is -2.32. The van der Waals surface area contributed by atoms with Crippen LogP contribution >= 0.6 is 0 Å². The van der Waals surface area contributed by atoms with Crippen molar-refractivity contribution >= 4 is 5.91 Å². The van der Waals surface area contributed by atoms with E-state index in [0.29, 0.717) is 13.1 Å². The van der Waals surface area contributed by atoms with Crippen molar-refractivity contribution in [3.8, 4) is 11.5 Å². The van der Waals surface area contributed by atoms with Crippen molar-refractivity contribution in [2.75, 3.05) is 13.1 Å². The Morgan fingerprint density at radius 2 is 1.95 bits per heavy atom. The first-order valence-electron chi connectivity index (χ1n) is 6.80. The molecule has 0 atom stereocenters. The van der Waals surface area contributed by atoms with E-state index in [9.17, 15) is 15.0 Å². The van der Waals surface area contributed by atoms with E-state index in [0.717, 1.165) is 6.42 Å². The molecule has 4 nitrogen and oxygen atoms in total. The normalized spacial score (nSPS) is 15.9. The Hall–Kier alpha value is -1.97. The Morgan fingerprint density at radius 1 is 1.25 bits per heavy atom. The van der Waals surface area contributed by atoms with Gasteiger partial charge in [-0.25, -0.2) is 0 Å². The SMILES string of the molecule is CC(C)(C)C1=CCN(C(=O)c2cc(O)ccc2O)CC1. The van der Waals surface area contributed by atoms with Crippen molar-refractivity contribution in [2.24, 2.45) is 5.41 Å². The maximum atomic E-state index is 12.4. The molecule has 0 aliphatic carbocycles. The lowest BCUT2D eigenvalue weighted by molar-refractivity contribution is 0.0761. The molecule has 20 heavy (non-hydrogen) atoms. The van der Waals surface area contributed by atoms with E-state index in [2.05, 4.69) is 26.8 Å². The number of rotatable bonds is 1. The first kappa shape index (κ1) is 14.4. The summed E-state index contributed by atoms with van der Waals surface area (Å²) in [5.74, 6) is -0.366. The van der Waals surface area contributed by atoms with Crippen LogP contribution in [-0.4, -0.2) is 34.1 Å². The van der Waals surface area contributed by atoms with E-state index < -0.39 is 0 Å². The average molecular weight is 275 g/mol. The summed E-state index contributed by atoms with van der Waals surface area (Å²) < 4.78 is 0. The molecule has 1 heterocycles. The van der Waals surface area contributed by atoms with Gasteiger partial charge in [0.25, 0.3) is 5.91 Å². The fourth-order valence-corrected chi connectivity index (χ4v) is 2.40. The highest BCUT2D eigenvalue weighted by Crippen LogP contribution is 2.31. The van der Waals surface area contributed by atoms with Crippen molar-refractivity contribution in [1.29, 1.82) is 0 Å². The number of carbonyl (C=O) groups excluding carboxylic acids is 1. The molecule has 0 unspecified atom stereocenters. The fraction of sp³-hybridized carbons (Fsp3) is 0.438. The zero-order valence-electron chi connectivity index (χ0n) is 12.2. The minimum absolute atomic E-state index is 0.0194. The van der Waals surface area contributed by atoms with Crippen LogP contribution < -0.4 is 0 Å². The van der Waals surface area contributed by atoms with E-state index in [-0.39, 0.29) is 28.4 Å². The van der Waals surface area contributed by atoms with E-state index in [1.54, 1.807) is 4.90 Å². The number of nitrogens with zero attached hydrogens (tertiary/aromatic N) is 1. The highest BCUT2D eigenvalue weighted by Gasteiger charge is 2.25. The number of phenols is 2. The van der Waals surface area contributed by atoms with Crippen molar-refractivity contribution in [3.63, 3.8) is 0 Å². The van der Waals surface area contributed by atoms with Crippen LogP contribution in [0.1, 0.15) is 37.6 Å². The Balaban J connectivity index is 2.17. The zero-order chi connectivity index (χ0) is 14.9. The van der Waals surface area contributed by atoms with Gasteiger partial charge in [0.05, 0.1) is 5.56 Å². The molecular formula is C16H21NO3. The molecule has 1 aromatic carbocycles. The van der Waals surface area contributed by atoms with Crippen LogP contribution in [0.5, 0.6) is 11.5 Å². The van der Waals surface area contributed by atoms with Crippen molar-refractivity contribution in [1.82, 2.24) is 4.90 Å². The molecule has 108 valence electrons. The number of phenolic OH excluding ortho intramolecular Hbond substituents is 2. The zero-order valence-corrected chi connectivity index (χ0v) is 12.2. The van der Waals surface area contributed by atoms with Crippen molar-refractivity contribution in [3.05, 3.63) is 35.4 Å². The number of amides is 1. The van der Waals surface area contributed by atoms with Gasteiger partial charge in [-0.2, -0.15) is 0 Å². The second-order valence-corrected chi connectivity index (χ2v) is 6.18. The summed E-state index contributed by atoms with van der Waals surface area (Å²) in [5.41, 5.74) is 1.63. The first-order chi connectivity index (χ1) is 9.29. The fourth-order valence-electron chi connectivity index (χ4n) is 2.40. The van der Waals surface area contributed by atoms with E-state index in [1.807, 2.05) is 0 Å². The van der Waals surface area contributed by atoms with Gasteiger partial charge < -0.3 is 15.1 Å². The summed E-state index contributed by atoms with van der Waals surface area (Å²) in [6, 6.07) is 4.00. The predicted molar refractivity (Wildman–Crippen MR) is 77.8 cm³/mol. The van der Waals surface area contributed by atoms with Gasteiger partial charge >= 0.3 is 0 Å². The monoisotopic (exact) mass is 275 g/mol. The summed E-state index contributed by atoms with van der Waals surface area (Å²) in [6.45, 7) is 7.67. The molecule has 0 saturated carbocycles. The summed E-state index contributed by atoms with van der Waals surface area (Å²) in [5, 5.41) is 19.2. The third-order valence-corrected chi connectivity index (χ3v) is 3.67. The predicted octanol–water partition coefficient (Wildman–Crippen LogP) is 2.92. The van der Waals surface area contributed by atoms with Crippen LogP contribution in [0.25, 0.3) is 0 Å². The lowest BCUT2D eigenvalue weighted by atomic mass is 9.83. The molecular weight excluding hydrogens is 254 g/mol. The molecule has 4 heteroatoms. The van der Waals surface area contributed by atoms with Crippen molar-refractivity contribution < 1.29 is 15.0 Å². The molecule has 1 aliphatic rings. The van der Waals surface area contributed by atoms with E-state index >= 15 is 0 Å². The highest BCUT2D eigenvalue weighted by atomic mass is 16.3. The van der Waals surface area contributed by atoms with Crippen LogP contribution in [0, 0.1) is 5.41 Å². The molecule has 1 aromatic rings. The number of hydrogen-bond donors (Lipinski definition) is 2. The van der Waals surface area contributed by atoms with E-state index in [1.165, 1.54) is 23.8 Å². The molecule has 0 fully saturated rings.